The average Bonchev–Trinajstić information content (AvgIpc) is 3.32. The summed E-state index contributed by atoms with van der Waals surface area (Å²) in [4.78, 5) is 37.1. The third-order valence-electron chi connectivity index (χ3n) is 4.62. The number of hydrogen-bond acceptors (Lipinski definition) is 4. The third kappa shape index (κ3) is 4.49. The number of likely N-dealkylation sites (tertiary alicyclic amines) is 1. The number of hydrogen-bond donors (Lipinski definition) is 2. The molecule has 0 aromatic heterocycles. The van der Waals surface area contributed by atoms with Gasteiger partial charge in [0, 0.05) is 24.6 Å². The number of amides is 3. The molecule has 0 bridgehead atoms. The summed E-state index contributed by atoms with van der Waals surface area (Å²) in [5, 5.41) is 2.89. The number of carbonyl (C=O) groups is 3. The molecule has 1 aliphatic heterocycles. The van der Waals surface area contributed by atoms with Gasteiger partial charge in [-0.15, -0.1) is 0 Å². The molecule has 0 radical (unpaired) electrons. The molecule has 1 heterocycles. The molecule has 1 saturated heterocycles. The first kappa shape index (κ1) is 17.3. The van der Waals surface area contributed by atoms with Crippen molar-refractivity contribution >= 4 is 23.6 Å². The highest BCUT2D eigenvalue weighted by Crippen LogP contribution is 2.33. The van der Waals surface area contributed by atoms with E-state index in [1.54, 1.807) is 17.0 Å². The van der Waals surface area contributed by atoms with Crippen LogP contribution in [0.2, 0.25) is 0 Å². The van der Waals surface area contributed by atoms with Crippen LogP contribution in [0.3, 0.4) is 0 Å². The summed E-state index contributed by atoms with van der Waals surface area (Å²) in [7, 11) is 0. The quantitative estimate of drug-likeness (QED) is 0.818. The number of nitrogens with two attached hydrogens (primary N) is 1. The summed E-state index contributed by atoms with van der Waals surface area (Å²) in [5.41, 5.74) is 6.58. The second-order valence-electron chi connectivity index (χ2n) is 6.57. The van der Waals surface area contributed by atoms with Gasteiger partial charge in [0.15, 0.2) is 0 Å². The summed E-state index contributed by atoms with van der Waals surface area (Å²) in [6.07, 6.45) is 3.26. The molecule has 3 amide bonds. The molecule has 7 heteroatoms. The van der Waals surface area contributed by atoms with Crippen LogP contribution in [0.5, 0.6) is 0 Å². The van der Waals surface area contributed by atoms with Crippen molar-refractivity contribution < 1.29 is 19.1 Å². The Bertz CT molecular complexity index is 655. The molecule has 2 aliphatic rings. The SMILES string of the molecule is NC(=O)OCCc1ccc(NC(=O)C2CCCN2C(=O)C2CC2)cc1. The molecule has 7 nitrogen and oxygen atoms in total. The number of benzene rings is 1. The molecule has 3 N–H and O–H groups in total. The number of rotatable bonds is 6. The molecule has 0 spiro atoms. The Morgan fingerprint density at radius 1 is 1.16 bits per heavy atom. The lowest BCUT2D eigenvalue weighted by Crippen LogP contribution is -2.43. The van der Waals surface area contributed by atoms with Gasteiger partial charge in [0.25, 0.3) is 0 Å². The summed E-state index contributed by atoms with van der Waals surface area (Å²) in [5.74, 6) is 0.133. The van der Waals surface area contributed by atoms with Gasteiger partial charge in [-0.1, -0.05) is 12.1 Å². The van der Waals surface area contributed by atoms with E-state index in [0.717, 1.165) is 24.8 Å². The van der Waals surface area contributed by atoms with Gasteiger partial charge in [-0.3, -0.25) is 9.59 Å². The summed E-state index contributed by atoms with van der Waals surface area (Å²) < 4.78 is 4.70. The Balaban J connectivity index is 1.53. The smallest absolute Gasteiger partial charge is 0.404 e. The summed E-state index contributed by atoms with van der Waals surface area (Å²) in [6.45, 7) is 0.896. The Labute approximate surface area is 146 Å². The van der Waals surface area contributed by atoms with Crippen LogP contribution in [0.4, 0.5) is 10.5 Å². The van der Waals surface area contributed by atoms with Gasteiger partial charge in [-0.25, -0.2) is 4.79 Å². The van der Waals surface area contributed by atoms with E-state index in [0.29, 0.717) is 25.1 Å². The Hall–Kier alpha value is -2.57. The van der Waals surface area contributed by atoms with Crippen LogP contribution in [-0.4, -0.2) is 42.0 Å². The predicted octanol–water partition coefficient (Wildman–Crippen LogP) is 1.66. The molecule has 3 rings (SSSR count). The minimum atomic E-state index is -0.786. The molecule has 1 atom stereocenters. The van der Waals surface area contributed by atoms with E-state index in [9.17, 15) is 14.4 Å². The van der Waals surface area contributed by atoms with Crippen molar-refractivity contribution in [1.29, 1.82) is 0 Å². The maximum absolute atomic E-state index is 12.5. The lowest BCUT2D eigenvalue weighted by molar-refractivity contribution is -0.137. The highest BCUT2D eigenvalue weighted by Gasteiger charge is 2.40. The van der Waals surface area contributed by atoms with E-state index < -0.39 is 6.09 Å². The van der Waals surface area contributed by atoms with Crippen molar-refractivity contribution in [2.75, 3.05) is 18.5 Å². The number of carbonyl (C=O) groups excluding carboxylic acids is 3. The number of primary amides is 1. The van der Waals surface area contributed by atoms with Crippen LogP contribution >= 0.6 is 0 Å². The molecule has 1 unspecified atom stereocenters. The molecule has 2 fully saturated rings. The maximum Gasteiger partial charge on any atom is 0.404 e. The van der Waals surface area contributed by atoms with Gasteiger partial charge in [0.1, 0.15) is 6.04 Å². The fourth-order valence-corrected chi connectivity index (χ4v) is 3.12. The topological polar surface area (TPSA) is 102 Å². The second-order valence-corrected chi connectivity index (χ2v) is 6.57. The summed E-state index contributed by atoms with van der Waals surface area (Å²) >= 11 is 0. The molecule has 1 aromatic rings. The monoisotopic (exact) mass is 345 g/mol. The van der Waals surface area contributed by atoms with Crippen LogP contribution in [-0.2, 0) is 20.7 Å². The van der Waals surface area contributed by atoms with E-state index in [1.807, 2.05) is 12.1 Å². The molecular formula is C18H23N3O4. The zero-order chi connectivity index (χ0) is 17.8. The zero-order valence-electron chi connectivity index (χ0n) is 14.1. The first-order valence-electron chi connectivity index (χ1n) is 8.67. The first-order valence-corrected chi connectivity index (χ1v) is 8.67. The van der Waals surface area contributed by atoms with Crippen molar-refractivity contribution in [2.24, 2.45) is 11.7 Å². The standard InChI is InChI=1S/C18H23N3O4/c19-18(24)25-11-9-12-3-7-14(8-4-12)20-16(22)15-2-1-10-21(15)17(23)13-5-6-13/h3-4,7-8,13,15H,1-2,5-6,9-11H2,(H2,19,24)(H,20,22). The first-order chi connectivity index (χ1) is 12.0. The fourth-order valence-electron chi connectivity index (χ4n) is 3.12. The van der Waals surface area contributed by atoms with E-state index in [4.69, 9.17) is 10.5 Å². The van der Waals surface area contributed by atoms with Crippen molar-refractivity contribution in [1.82, 2.24) is 4.90 Å². The predicted molar refractivity (Wildman–Crippen MR) is 91.8 cm³/mol. The highest BCUT2D eigenvalue weighted by atomic mass is 16.5. The highest BCUT2D eigenvalue weighted by molar-refractivity contribution is 5.98. The van der Waals surface area contributed by atoms with Gasteiger partial charge in [0.2, 0.25) is 11.8 Å². The van der Waals surface area contributed by atoms with Gasteiger partial charge in [-0.05, 0) is 43.4 Å². The van der Waals surface area contributed by atoms with Crippen molar-refractivity contribution in [3.05, 3.63) is 29.8 Å². The maximum atomic E-state index is 12.5. The van der Waals surface area contributed by atoms with E-state index in [-0.39, 0.29) is 30.4 Å². The van der Waals surface area contributed by atoms with Gasteiger partial charge in [0.05, 0.1) is 6.61 Å². The van der Waals surface area contributed by atoms with Crippen LogP contribution in [0.15, 0.2) is 24.3 Å². The largest absolute Gasteiger partial charge is 0.449 e. The Morgan fingerprint density at radius 2 is 1.88 bits per heavy atom. The van der Waals surface area contributed by atoms with Crippen LogP contribution < -0.4 is 11.1 Å². The van der Waals surface area contributed by atoms with Crippen molar-refractivity contribution in [3.8, 4) is 0 Å². The van der Waals surface area contributed by atoms with Crippen LogP contribution in [0.25, 0.3) is 0 Å². The van der Waals surface area contributed by atoms with E-state index in [1.165, 1.54) is 0 Å². The zero-order valence-corrected chi connectivity index (χ0v) is 14.1. The van der Waals surface area contributed by atoms with Gasteiger partial charge < -0.3 is 20.7 Å². The van der Waals surface area contributed by atoms with Crippen molar-refractivity contribution in [2.45, 2.75) is 38.1 Å². The normalized spacial score (nSPS) is 19.5. The molecule has 1 saturated carbocycles. The van der Waals surface area contributed by atoms with Crippen LogP contribution in [0, 0.1) is 5.92 Å². The second kappa shape index (κ2) is 7.55. The molecule has 134 valence electrons. The third-order valence-corrected chi connectivity index (χ3v) is 4.62. The number of nitrogens with one attached hydrogen (secondary N) is 1. The molecule has 1 aliphatic carbocycles. The van der Waals surface area contributed by atoms with E-state index in [2.05, 4.69) is 5.32 Å². The Kier molecular flexibility index (Phi) is 5.21. The molecule has 25 heavy (non-hydrogen) atoms. The van der Waals surface area contributed by atoms with E-state index >= 15 is 0 Å². The van der Waals surface area contributed by atoms with Crippen LogP contribution in [0.1, 0.15) is 31.2 Å². The van der Waals surface area contributed by atoms with Crippen molar-refractivity contribution in [3.63, 3.8) is 0 Å². The lowest BCUT2D eigenvalue weighted by atomic mass is 10.1. The number of nitrogens with zero attached hydrogens (tertiary/aromatic N) is 1. The molecular weight excluding hydrogens is 322 g/mol. The number of ether oxygens (including phenoxy) is 1. The minimum Gasteiger partial charge on any atom is -0.449 e. The van der Waals surface area contributed by atoms with Gasteiger partial charge >= 0.3 is 6.09 Å². The number of anilines is 1. The minimum absolute atomic E-state index is 0.127. The average molecular weight is 345 g/mol. The Morgan fingerprint density at radius 3 is 2.52 bits per heavy atom. The lowest BCUT2D eigenvalue weighted by Gasteiger charge is -2.24. The summed E-state index contributed by atoms with van der Waals surface area (Å²) in [6, 6.07) is 6.97. The van der Waals surface area contributed by atoms with Gasteiger partial charge in [-0.2, -0.15) is 0 Å². The molecule has 1 aromatic carbocycles. The fraction of sp³-hybridized carbons (Fsp3) is 0.500.